The van der Waals surface area contributed by atoms with Crippen molar-refractivity contribution in [2.45, 2.75) is 45.8 Å². The Balaban J connectivity index is 1.55. The summed E-state index contributed by atoms with van der Waals surface area (Å²) in [6, 6.07) is 15.4. The van der Waals surface area contributed by atoms with E-state index in [2.05, 4.69) is 33.5 Å². The number of benzene rings is 2. The van der Waals surface area contributed by atoms with Gasteiger partial charge in [0.2, 0.25) is 0 Å². The van der Waals surface area contributed by atoms with Crippen LogP contribution in [0.1, 0.15) is 48.3 Å². The number of aromatic nitrogens is 1. The molecule has 0 aliphatic carbocycles. The van der Waals surface area contributed by atoms with Gasteiger partial charge in [0.25, 0.3) is 5.91 Å². The normalized spacial score (nSPS) is 13.8. The number of carbonyl (C=O) groups is 1. The van der Waals surface area contributed by atoms with Crippen molar-refractivity contribution in [2.75, 3.05) is 35.7 Å². The molecule has 0 saturated carbocycles. The zero-order valence-corrected chi connectivity index (χ0v) is 22.5. The second-order valence-electron chi connectivity index (χ2n) is 9.82. The fraction of sp³-hybridized carbons (Fsp3) is 0.333. The lowest BCUT2D eigenvalue weighted by atomic mass is 10.1. The van der Waals surface area contributed by atoms with E-state index in [1.807, 2.05) is 51.1 Å². The van der Waals surface area contributed by atoms with Gasteiger partial charge in [0.05, 0.1) is 24.6 Å². The van der Waals surface area contributed by atoms with E-state index < -0.39 is 0 Å². The Morgan fingerprint density at radius 3 is 2.45 bits per heavy atom. The van der Waals surface area contributed by atoms with Crippen LogP contribution in [0, 0.1) is 6.92 Å². The zero-order chi connectivity index (χ0) is 27.2. The Kier molecular flexibility index (Phi) is 8.53. The topological polar surface area (TPSA) is 98.8 Å². The maximum absolute atomic E-state index is 12.3. The lowest BCUT2D eigenvalue weighted by Crippen LogP contribution is -2.35. The largest absolute Gasteiger partial charge is 0.494 e. The van der Waals surface area contributed by atoms with Crippen LogP contribution in [0.15, 0.2) is 55.1 Å². The van der Waals surface area contributed by atoms with Crippen molar-refractivity contribution in [3.8, 4) is 5.75 Å². The molecule has 4 N–H and O–H groups in total. The number of carbonyl (C=O) groups excluding carboxylic acids is 1. The molecule has 0 unspecified atom stereocenters. The minimum absolute atomic E-state index is 0.0785. The third kappa shape index (κ3) is 6.44. The molecule has 1 amide bonds. The molecule has 1 aliphatic rings. The van der Waals surface area contributed by atoms with Crippen LogP contribution in [0.3, 0.4) is 0 Å². The van der Waals surface area contributed by atoms with Gasteiger partial charge in [0, 0.05) is 59.5 Å². The number of piperidine rings is 1. The highest BCUT2D eigenvalue weighted by Gasteiger charge is 2.19. The molecule has 1 aliphatic heterocycles. The Bertz CT molecular complexity index is 1280. The second kappa shape index (κ2) is 12.0. The van der Waals surface area contributed by atoms with E-state index >= 15 is 0 Å². The highest BCUT2D eigenvalue weighted by Crippen LogP contribution is 2.34. The number of aryl methyl sites for hydroxylation is 1. The molecule has 2 aromatic carbocycles. The van der Waals surface area contributed by atoms with Crippen molar-refractivity contribution in [2.24, 2.45) is 0 Å². The number of aliphatic hydroxyl groups is 1. The molecule has 0 spiro atoms. The van der Waals surface area contributed by atoms with Crippen molar-refractivity contribution < 1.29 is 14.6 Å². The average molecular weight is 516 g/mol. The molecular formula is C30H37N5O3. The Morgan fingerprint density at radius 2 is 1.82 bits per heavy atom. The van der Waals surface area contributed by atoms with E-state index in [1.54, 1.807) is 25.3 Å². The van der Waals surface area contributed by atoms with Crippen LogP contribution in [0.2, 0.25) is 0 Å². The third-order valence-corrected chi connectivity index (χ3v) is 6.58. The summed E-state index contributed by atoms with van der Waals surface area (Å²) in [6.45, 7) is 11.4. The van der Waals surface area contributed by atoms with Gasteiger partial charge >= 0.3 is 0 Å². The van der Waals surface area contributed by atoms with Crippen molar-refractivity contribution in [1.29, 1.82) is 0 Å². The summed E-state index contributed by atoms with van der Waals surface area (Å²) in [4.78, 5) is 19.3. The highest BCUT2D eigenvalue weighted by molar-refractivity contribution is 5.94. The minimum Gasteiger partial charge on any atom is -0.494 e. The molecule has 200 valence electrons. The predicted octanol–water partition coefficient (Wildman–Crippen LogP) is 5.63. The number of ether oxygens (including phenoxy) is 1. The number of pyridine rings is 1. The molecule has 0 bridgehead atoms. The number of nitrogens with zero attached hydrogens (tertiary/aromatic N) is 2. The fourth-order valence-electron chi connectivity index (χ4n) is 4.56. The summed E-state index contributed by atoms with van der Waals surface area (Å²) in [5.74, 6) is 1.28. The van der Waals surface area contributed by atoms with Crippen LogP contribution in [-0.4, -0.2) is 48.3 Å². The van der Waals surface area contributed by atoms with Crippen LogP contribution in [-0.2, 0) is 0 Å². The summed E-state index contributed by atoms with van der Waals surface area (Å²) in [7, 11) is 1.65. The van der Waals surface area contributed by atoms with Gasteiger partial charge in [-0.2, -0.15) is 0 Å². The molecule has 8 nitrogen and oxygen atoms in total. The number of methoxy groups -OCH3 is 1. The van der Waals surface area contributed by atoms with Crippen molar-refractivity contribution in [3.63, 3.8) is 0 Å². The Morgan fingerprint density at radius 1 is 1.11 bits per heavy atom. The number of anilines is 5. The maximum Gasteiger partial charge on any atom is 0.251 e. The van der Waals surface area contributed by atoms with Gasteiger partial charge in [0.1, 0.15) is 11.6 Å². The smallest absolute Gasteiger partial charge is 0.251 e. The predicted molar refractivity (Wildman–Crippen MR) is 155 cm³/mol. The maximum atomic E-state index is 12.3. The standard InChI is InChI=1S/C30H37N5O3/c1-6-25-20(4)32-29(18-27(25)33-22-9-7-21(8-10-22)30(37)31-19(2)3)34-26-12-11-23(17-28(26)38-5)35-15-13-24(36)14-16-35/h6-12,17-19,24,36H,1,13-16H2,2-5H3,(H,31,37)(H2,32,33,34). The van der Waals surface area contributed by atoms with Crippen LogP contribution in [0.4, 0.5) is 28.6 Å². The lowest BCUT2D eigenvalue weighted by molar-refractivity contribution is 0.0943. The summed E-state index contributed by atoms with van der Waals surface area (Å²) in [6.07, 6.45) is 3.10. The van der Waals surface area contributed by atoms with Crippen LogP contribution in [0.25, 0.3) is 6.08 Å². The zero-order valence-electron chi connectivity index (χ0n) is 22.5. The Hall–Kier alpha value is -4.04. The molecule has 1 fully saturated rings. The number of rotatable bonds is 9. The number of hydrogen-bond acceptors (Lipinski definition) is 7. The minimum atomic E-state index is -0.216. The van der Waals surface area contributed by atoms with Gasteiger partial charge in [0.15, 0.2) is 0 Å². The third-order valence-electron chi connectivity index (χ3n) is 6.58. The van der Waals surface area contributed by atoms with E-state index in [4.69, 9.17) is 9.72 Å². The molecule has 38 heavy (non-hydrogen) atoms. The lowest BCUT2D eigenvalue weighted by Gasteiger charge is -2.31. The van der Waals surface area contributed by atoms with Gasteiger partial charge in [-0.05, 0) is 70.0 Å². The SMILES string of the molecule is C=Cc1c(Nc2ccc(C(=O)NC(C)C)cc2)cc(Nc2ccc(N3CCC(O)CC3)cc2OC)nc1C. The second-order valence-corrected chi connectivity index (χ2v) is 9.82. The van der Waals surface area contributed by atoms with Crippen molar-refractivity contribution in [1.82, 2.24) is 10.3 Å². The van der Waals surface area contributed by atoms with Crippen LogP contribution in [0.5, 0.6) is 5.75 Å². The van der Waals surface area contributed by atoms with Gasteiger partial charge in [-0.25, -0.2) is 4.98 Å². The van der Waals surface area contributed by atoms with Gasteiger partial charge in [-0.15, -0.1) is 0 Å². The monoisotopic (exact) mass is 515 g/mol. The first-order valence-corrected chi connectivity index (χ1v) is 13.0. The summed E-state index contributed by atoms with van der Waals surface area (Å²) < 4.78 is 5.69. The summed E-state index contributed by atoms with van der Waals surface area (Å²) >= 11 is 0. The number of hydrogen-bond donors (Lipinski definition) is 4. The molecule has 0 atom stereocenters. The molecule has 2 heterocycles. The van der Waals surface area contributed by atoms with E-state index in [1.165, 1.54) is 0 Å². The van der Waals surface area contributed by atoms with E-state index in [-0.39, 0.29) is 18.1 Å². The van der Waals surface area contributed by atoms with E-state index in [0.29, 0.717) is 17.1 Å². The number of nitrogens with one attached hydrogen (secondary N) is 3. The molecule has 4 rings (SSSR count). The van der Waals surface area contributed by atoms with Crippen molar-refractivity contribution >= 4 is 40.6 Å². The molecule has 8 heteroatoms. The molecule has 3 aromatic rings. The molecule has 1 saturated heterocycles. The van der Waals surface area contributed by atoms with E-state index in [9.17, 15) is 9.90 Å². The Labute approximate surface area is 224 Å². The number of amides is 1. The first-order chi connectivity index (χ1) is 18.3. The van der Waals surface area contributed by atoms with Crippen molar-refractivity contribution in [3.05, 3.63) is 71.9 Å². The van der Waals surface area contributed by atoms with Gasteiger partial charge in [-0.3, -0.25) is 4.79 Å². The summed E-state index contributed by atoms with van der Waals surface area (Å²) in [5.41, 5.74) is 5.89. The van der Waals surface area contributed by atoms with Gasteiger partial charge in [-0.1, -0.05) is 12.7 Å². The first kappa shape index (κ1) is 27.0. The fourth-order valence-corrected chi connectivity index (χ4v) is 4.56. The summed E-state index contributed by atoms with van der Waals surface area (Å²) in [5, 5.41) is 19.6. The molecular weight excluding hydrogens is 478 g/mol. The average Bonchev–Trinajstić information content (AvgIpc) is 2.89. The molecule has 0 radical (unpaired) electrons. The first-order valence-electron chi connectivity index (χ1n) is 13.0. The van der Waals surface area contributed by atoms with Crippen LogP contribution >= 0.6 is 0 Å². The van der Waals surface area contributed by atoms with Crippen LogP contribution < -0.4 is 25.6 Å². The molecule has 1 aromatic heterocycles. The highest BCUT2D eigenvalue weighted by atomic mass is 16.5. The number of aliphatic hydroxyl groups excluding tert-OH is 1. The van der Waals surface area contributed by atoms with E-state index in [0.717, 1.165) is 59.9 Å². The quantitative estimate of drug-likeness (QED) is 0.293. The van der Waals surface area contributed by atoms with Gasteiger partial charge < -0.3 is 30.7 Å².